The molecular formula is C47H35N3O2S. The fourth-order valence-corrected chi connectivity index (χ4v) is 8.67. The first kappa shape index (κ1) is 32.4. The Bertz CT molecular complexity index is 2700. The molecule has 1 aliphatic rings. The predicted octanol–water partition coefficient (Wildman–Crippen LogP) is 12.3. The van der Waals surface area contributed by atoms with Crippen molar-refractivity contribution in [1.29, 1.82) is 0 Å². The molecule has 0 saturated carbocycles. The highest BCUT2D eigenvalue weighted by atomic mass is 32.2. The quantitative estimate of drug-likeness (QED) is 0.172. The Kier molecular flexibility index (Phi) is 7.90. The average molecular weight is 706 g/mol. The van der Waals surface area contributed by atoms with Gasteiger partial charge in [-0.15, -0.1) is 0 Å². The van der Waals surface area contributed by atoms with Crippen LogP contribution in [0.2, 0.25) is 0 Å². The molecule has 0 saturated heterocycles. The van der Waals surface area contributed by atoms with Gasteiger partial charge in [-0.1, -0.05) is 109 Å². The number of anilines is 6. The summed E-state index contributed by atoms with van der Waals surface area (Å²) in [6.45, 7) is 4.24. The van der Waals surface area contributed by atoms with Crippen LogP contribution in [0.15, 0.2) is 186 Å². The van der Waals surface area contributed by atoms with Gasteiger partial charge in [0.25, 0.3) is 0 Å². The number of nitrogens with zero attached hydrogens (tertiary/aromatic N) is 3. The summed E-state index contributed by atoms with van der Waals surface area (Å²) in [5, 5.41) is 1.07. The van der Waals surface area contributed by atoms with Crippen molar-refractivity contribution in [3.05, 3.63) is 187 Å². The smallest absolute Gasteiger partial charge is 0.206 e. The largest absolute Gasteiger partial charge is 0.306 e. The molecular weight excluding hydrogens is 671 g/mol. The minimum atomic E-state index is -3.67. The van der Waals surface area contributed by atoms with Crippen LogP contribution in [-0.2, 0) is 9.84 Å². The molecule has 7 aromatic carbocycles. The maximum Gasteiger partial charge on any atom is 0.206 e. The minimum Gasteiger partial charge on any atom is -0.306 e. The van der Waals surface area contributed by atoms with Crippen LogP contribution in [0.25, 0.3) is 33.3 Å². The molecule has 2 heterocycles. The summed E-state index contributed by atoms with van der Waals surface area (Å²) in [5.41, 5.74) is 13.2. The molecule has 256 valence electrons. The summed E-state index contributed by atoms with van der Waals surface area (Å²) >= 11 is 0. The third-order valence-corrected chi connectivity index (χ3v) is 11.8. The SMILES string of the molecule is Cc1ccc(-c2cc(-c3ccc(S(=O)(=O)c4ccccc4)cc3)nc3c(N4c5ccccc5N(c5ccccc5)c5ccccc54)ccc(C)c23)cc1. The van der Waals surface area contributed by atoms with Gasteiger partial charge < -0.3 is 9.80 Å². The number of aryl methyl sites for hydroxylation is 2. The Morgan fingerprint density at radius 1 is 0.472 bits per heavy atom. The van der Waals surface area contributed by atoms with E-state index < -0.39 is 9.84 Å². The van der Waals surface area contributed by atoms with E-state index in [2.05, 4.69) is 139 Å². The van der Waals surface area contributed by atoms with Crippen molar-refractivity contribution in [1.82, 2.24) is 4.98 Å². The number of para-hydroxylation sites is 5. The van der Waals surface area contributed by atoms with Crippen LogP contribution >= 0.6 is 0 Å². The summed E-state index contributed by atoms with van der Waals surface area (Å²) in [6, 6.07) is 58.2. The van der Waals surface area contributed by atoms with Crippen LogP contribution in [-0.4, -0.2) is 13.4 Å². The summed E-state index contributed by atoms with van der Waals surface area (Å²) in [7, 11) is -3.67. The van der Waals surface area contributed by atoms with E-state index in [0.29, 0.717) is 0 Å². The molecule has 0 unspecified atom stereocenters. The molecule has 0 aliphatic carbocycles. The van der Waals surface area contributed by atoms with Crippen molar-refractivity contribution >= 4 is 54.9 Å². The second kappa shape index (κ2) is 12.9. The molecule has 0 N–H and O–H groups in total. The van der Waals surface area contributed by atoms with E-state index >= 15 is 0 Å². The zero-order valence-electron chi connectivity index (χ0n) is 29.3. The first-order valence-electron chi connectivity index (χ1n) is 17.6. The molecule has 1 aliphatic heterocycles. The Morgan fingerprint density at radius 3 is 1.58 bits per heavy atom. The number of hydrogen-bond acceptors (Lipinski definition) is 5. The monoisotopic (exact) mass is 705 g/mol. The Morgan fingerprint density at radius 2 is 0.981 bits per heavy atom. The molecule has 0 spiro atoms. The maximum absolute atomic E-state index is 13.5. The van der Waals surface area contributed by atoms with Crippen LogP contribution < -0.4 is 9.80 Å². The Labute approximate surface area is 310 Å². The van der Waals surface area contributed by atoms with Crippen LogP contribution in [0.3, 0.4) is 0 Å². The molecule has 0 fully saturated rings. The van der Waals surface area contributed by atoms with Crippen molar-refractivity contribution in [2.24, 2.45) is 0 Å². The van der Waals surface area contributed by atoms with E-state index in [9.17, 15) is 8.42 Å². The zero-order valence-corrected chi connectivity index (χ0v) is 30.1. The fourth-order valence-electron chi connectivity index (χ4n) is 7.38. The van der Waals surface area contributed by atoms with Crippen molar-refractivity contribution < 1.29 is 8.42 Å². The van der Waals surface area contributed by atoms with Gasteiger partial charge in [0.15, 0.2) is 0 Å². The second-order valence-electron chi connectivity index (χ2n) is 13.4. The highest BCUT2D eigenvalue weighted by molar-refractivity contribution is 7.91. The summed E-state index contributed by atoms with van der Waals surface area (Å²) in [5.74, 6) is 0. The highest BCUT2D eigenvalue weighted by Crippen LogP contribution is 2.55. The van der Waals surface area contributed by atoms with Gasteiger partial charge in [0, 0.05) is 16.6 Å². The number of sulfone groups is 1. The molecule has 5 nitrogen and oxygen atoms in total. The first-order chi connectivity index (χ1) is 25.9. The van der Waals surface area contributed by atoms with Crippen molar-refractivity contribution in [2.75, 3.05) is 9.80 Å². The van der Waals surface area contributed by atoms with Crippen LogP contribution in [0.5, 0.6) is 0 Å². The van der Waals surface area contributed by atoms with Gasteiger partial charge in [-0.2, -0.15) is 0 Å². The van der Waals surface area contributed by atoms with Gasteiger partial charge >= 0.3 is 0 Å². The molecule has 6 heteroatoms. The fraction of sp³-hybridized carbons (Fsp3) is 0.0426. The topological polar surface area (TPSA) is 53.5 Å². The van der Waals surface area contributed by atoms with Crippen molar-refractivity contribution in [2.45, 2.75) is 23.6 Å². The molecule has 8 aromatic rings. The van der Waals surface area contributed by atoms with Gasteiger partial charge in [-0.25, -0.2) is 13.4 Å². The molecule has 0 radical (unpaired) electrons. The number of benzene rings is 7. The van der Waals surface area contributed by atoms with E-state index in [0.717, 1.165) is 73.0 Å². The molecule has 9 rings (SSSR count). The van der Waals surface area contributed by atoms with Crippen molar-refractivity contribution in [3.8, 4) is 22.4 Å². The number of rotatable bonds is 6. The van der Waals surface area contributed by atoms with Crippen LogP contribution in [0, 0.1) is 13.8 Å². The summed E-state index contributed by atoms with van der Waals surface area (Å²) < 4.78 is 26.9. The third kappa shape index (κ3) is 5.55. The standard InChI is InChI=1S/C47H35N3O2S/c1-32-21-24-34(25-22-32)39-31-40(35-26-28-38(29-27-35)53(51,52)37-15-7-4-8-16-37)48-47-45(30-23-33(2)46(39)47)50-43-19-11-9-17-41(43)49(36-13-5-3-6-14-36)42-18-10-12-20-44(42)50/h3-31H,1-2H3. The molecule has 53 heavy (non-hydrogen) atoms. The van der Waals surface area contributed by atoms with E-state index in [1.165, 1.54) is 5.56 Å². The predicted molar refractivity (Wildman–Crippen MR) is 217 cm³/mol. The molecule has 0 atom stereocenters. The van der Waals surface area contributed by atoms with Crippen molar-refractivity contribution in [3.63, 3.8) is 0 Å². The molecule has 0 bridgehead atoms. The lowest BCUT2D eigenvalue weighted by molar-refractivity contribution is 0.596. The Hall–Kier alpha value is -6.50. The van der Waals surface area contributed by atoms with E-state index in [-0.39, 0.29) is 9.79 Å². The number of pyridine rings is 1. The summed E-state index contributed by atoms with van der Waals surface area (Å²) in [6.07, 6.45) is 0. The lowest BCUT2D eigenvalue weighted by atomic mass is 9.94. The second-order valence-corrected chi connectivity index (χ2v) is 15.3. The van der Waals surface area contributed by atoms with Crippen LogP contribution in [0.1, 0.15) is 11.1 Å². The lowest BCUT2D eigenvalue weighted by Crippen LogP contribution is -2.24. The highest BCUT2D eigenvalue weighted by Gasteiger charge is 2.31. The van der Waals surface area contributed by atoms with E-state index in [4.69, 9.17) is 4.98 Å². The van der Waals surface area contributed by atoms with Crippen LogP contribution in [0.4, 0.5) is 34.1 Å². The zero-order chi connectivity index (χ0) is 36.1. The third-order valence-electron chi connectivity index (χ3n) is 10.0. The lowest BCUT2D eigenvalue weighted by Gasteiger charge is -2.40. The van der Waals surface area contributed by atoms with Gasteiger partial charge in [-0.05, 0) is 103 Å². The molecule has 0 amide bonds. The number of fused-ring (bicyclic) bond motifs is 3. The van der Waals surface area contributed by atoms with Gasteiger partial charge in [0.05, 0.1) is 49.4 Å². The van der Waals surface area contributed by atoms with Gasteiger partial charge in [-0.3, -0.25) is 0 Å². The normalized spacial score (nSPS) is 12.4. The van der Waals surface area contributed by atoms with E-state index in [1.807, 2.05) is 24.3 Å². The number of aromatic nitrogens is 1. The Balaban J connectivity index is 1.28. The first-order valence-corrected chi connectivity index (χ1v) is 19.1. The minimum absolute atomic E-state index is 0.244. The van der Waals surface area contributed by atoms with E-state index in [1.54, 1.807) is 36.4 Å². The number of hydrogen-bond donors (Lipinski definition) is 0. The maximum atomic E-state index is 13.5. The summed E-state index contributed by atoms with van der Waals surface area (Å²) in [4.78, 5) is 10.6. The molecule has 1 aromatic heterocycles. The van der Waals surface area contributed by atoms with Gasteiger partial charge in [0.1, 0.15) is 0 Å². The average Bonchev–Trinajstić information content (AvgIpc) is 3.21. The van der Waals surface area contributed by atoms with Gasteiger partial charge in [0.2, 0.25) is 9.84 Å².